The van der Waals surface area contributed by atoms with Crippen LogP contribution in [0.15, 0.2) is 30.3 Å². The van der Waals surface area contributed by atoms with Gasteiger partial charge in [-0.3, -0.25) is 0 Å². The quantitative estimate of drug-likeness (QED) is 0.614. The zero-order chi connectivity index (χ0) is 14.5. The highest BCUT2D eigenvalue weighted by Crippen LogP contribution is 2.65. The largest absolute Gasteiger partial charge is 0.458 e. The fraction of sp³-hybridized carbons (Fsp3) is 0.611. The Morgan fingerprint density at radius 3 is 2.76 bits per heavy atom. The van der Waals surface area contributed by atoms with Gasteiger partial charge in [0.25, 0.3) is 0 Å². The summed E-state index contributed by atoms with van der Waals surface area (Å²) in [6.07, 6.45) is 7.06. The lowest BCUT2D eigenvalue weighted by Gasteiger charge is -2.47. The van der Waals surface area contributed by atoms with Gasteiger partial charge in [0.1, 0.15) is 11.7 Å². The van der Waals surface area contributed by atoms with Gasteiger partial charge in [-0.2, -0.15) is 0 Å². The molecule has 1 aromatic carbocycles. The summed E-state index contributed by atoms with van der Waals surface area (Å²) in [5.74, 6) is -0.193. The lowest BCUT2D eigenvalue weighted by atomic mass is 9.58. The lowest BCUT2D eigenvalue weighted by Crippen LogP contribution is -2.53. The van der Waals surface area contributed by atoms with Gasteiger partial charge in [-0.15, -0.1) is 0 Å². The molecule has 21 heavy (non-hydrogen) atoms. The maximum atomic E-state index is 12.4. The van der Waals surface area contributed by atoms with E-state index in [2.05, 4.69) is 6.92 Å². The van der Waals surface area contributed by atoms with Crippen molar-refractivity contribution in [2.75, 3.05) is 0 Å². The van der Waals surface area contributed by atoms with E-state index in [1.807, 2.05) is 30.3 Å². The van der Waals surface area contributed by atoms with Crippen molar-refractivity contribution in [1.29, 1.82) is 0 Å². The number of epoxide rings is 1. The smallest absolute Gasteiger partial charge is 0.338 e. The summed E-state index contributed by atoms with van der Waals surface area (Å²) in [6, 6.07) is 9.31. The van der Waals surface area contributed by atoms with E-state index in [9.17, 15) is 4.79 Å². The van der Waals surface area contributed by atoms with Crippen LogP contribution < -0.4 is 0 Å². The molecule has 1 saturated heterocycles. The molecule has 4 atom stereocenters. The number of rotatable bonds is 2. The van der Waals surface area contributed by atoms with Crippen molar-refractivity contribution >= 4 is 5.97 Å². The SMILES string of the molecule is C[C@@]12CCC[C@H]3O[C@]31CCC[C@H]2OC(=O)c1ccccc1. The maximum absolute atomic E-state index is 12.4. The van der Waals surface area contributed by atoms with Crippen LogP contribution in [0.4, 0.5) is 0 Å². The van der Waals surface area contributed by atoms with Gasteiger partial charge >= 0.3 is 5.97 Å². The highest BCUT2D eigenvalue weighted by atomic mass is 16.6. The van der Waals surface area contributed by atoms with Crippen LogP contribution in [0.25, 0.3) is 0 Å². The van der Waals surface area contributed by atoms with Crippen molar-refractivity contribution in [2.24, 2.45) is 5.41 Å². The average molecular weight is 286 g/mol. The molecule has 1 heterocycles. The Morgan fingerprint density at radius 2 is 1.95 bits per heavy atom. The van der Waals surface area contributed by atoms with E-state index in [0.717, 1.165) is 25.7 Å². The maximum Gasteiger partial charge on any atom is 0.338 e. The lowest BCUT2D eigenvalue weighted by molar-refractivity contribution is -0.0804. The molecule has 0 bridgehead atoms. The zero-order valence-electron chi connectivity index (χ0n) is 12.5. The summed E-state index contributed by atoms with van der Waals surface area (Å²) in [5.41, 5.74) is 0.647. The molecule has 4 rings (SSSR count). The van der Waals surface area contributed by atoms with E-state index in [-0.39, 0.29) is 23.1 Å². The van der Waals surface area contributed by atoms with Gasteiger partial charge in [0.05, 0.1) is 11.7 Å². The second-order valence-corrected chi connectivity index (χ2v) is 6.96. The van der Waals surface area contributed by atoms with Crippen LogP contribution >= 0.6 is 0 Å². The second-order valence-electron chi connectivity index (χ2n) is 6.96. The third-order valence-corrected chi connectivity index (χ3v) is 5.93. The van der Waals surface area contributed by atoms with Crippen LogP contribution in [0.2, 0.25) is 0 Å². The van der Waals surface area contributed by atoms with Gasteiger partial charge in [0.2, 0.25) is 0 Å². The summed E-state index contributed by atoms with van der Waals surface area (Å²) in [7, 11) is 0. The van der Waals surface area contributed by atoms with E-state index in [0.29, 0.717) is 11.7 Å². The summed E-state index contributed by atoms with van der Waals surface area (Å²) >= 11 is 0. The predicted octanol–water partition coefficient (Wildman–Crippen LogP) is 3.72. The summed E-state index contributed by atoms with van der Waals surface area (Å²) in [4.78, 5) is 12.4. The summed E-state index contributed by atoms with van der Waals surface area (Å²) in [6.45, 7) is 2.27. The van der Waals surface area contributed by atoms with Crippen molar-refractivity contribution in [3.8, 4) is 0 Å². The number of hydrogen-bond donors (Lipinski definition) is 0. The molecule has 0 N–H and O–H groups in total. The second kappa shape index (κ2) is 4.57. The van der Waals surface area contributed by atoms with Gasteiger partial charge in [-0.05, 0) is 50.7 Å². The van der Waals surface area contributed by atoms with Gasteiger partial charge in [-0.25, -0.2) is 4.79 Å². The number of ether oxygens (including phenoxy) is 2. The van der Waals surface area contributed by atoms with Crippen molar-refractivity contribution in [2.45, 2.75) is 63.3 Å². The molecule has 3 fully saturated rings. The Bertz CT molecular complexity index is 555. The molecule has 2 saturated carbocycles. The number of esters is 1. The minimum atomic E-state index is -0.193. The number of carbonyl (C=O) groups excluding carboxylic acids is 1. The van der Waals surface area contributed by atoms with Crippen LogP contribution in [0.5, 0.6) is 0 Å². The normalized spacial score (nSPS) is 40.8. The molecule has 3 nitrogen and oxygen atoms in total. The molecule has 1 aliphatic heterocycles. The Hall–Kier alpha value is -1.35. The number of carbonyl (C=O) groups is 1. The standard InChI is InChI=1S/C18H22O3/c1-17-11-5-10-15-18(17,21-15)12-6-9-14(17)20-16(19)13-7-3-2-4-8-13/h2-4,7-8,14-15H,5-6,9-12H2,1H3/t14-,15-,17+,18-/m1/s1. The first-order valence-corrected chi connectivity index (χ1v) is 8.10. The van der Waals surface area contributed by atoms with Gasteiger partial charge in [-0.1, -0.05) is 25.1 Å². The Balaban J connectivity index is 1.56. The molecule has 1 aromatic rings. The Labute approximate surface area is 125 Å². The van der Waals surface area contributed by atoms with E-state index >= 15 is 0 Å². The molecule has 112 valence electrons. The summed E-state index contributed by atoms with van der Waals surface area (Å²) < 4.78 is 12.0. The number of hydrogen-bond acceptors (Lipinski definition) is 3. The molecule has 0 amide bonds. The van der Waals surface area contributed by atoms with E-state index in [4.69, 9.17) is 9.47 Å². The zero-order valence-corrected chi connectivity index (χ0v) is 12.5. The van der Waals surface area contributed by atoms with E-state index < -0.39 is 0 Å². The van der Waals surface area contributed by atoms with Crippen molar-refractivity contribution < 1.29 is 14.3 Å². The molecule has 3 heteroatoms. The molecule has 0 radical (unpaired) electrons. The van der Waals surface area contributed by atoms with Crippen LogP contribution in [0, 0.1) is 5.41 Å². The summed E-state index contributed by atoms with van der Waals surface area (Å²) in [5, 5.41) is 0. The topological polar surface area (TPSA) is 38.8 Å². The Morgan fingerprint density at radius 1 is 1.19 bits per heavy atom. The van der Waals surface area contributed by atoms with Crippen LogP contribution in [0.3, 0.4) is 0 Å². The van der Waals surface area contributed by atoms with E-state index in [1.54, 1.807) is 0 Å². The number of benzene rings is 1. The first-order chi connectivity index (χ1) is 10.2. The van der Waals surface area contributed by atoms with Gasteiger partial charge in [0, 0.05) is 5.41 Å². The van der Waals surface area contributed by atoms with Gasteiger partial charge < -0.3 is 9.47 Å². The third-order valence-electron chi connectivity index (χ3n) is 5.93. The monoisotopic (exact) mass is 286 g/mol. The molecule has 0 aromatic heterocycles. The first-order valence-electron chi connectivity index (χ1n) is 8.10. The molecule has 2 aliphatic carbocycles. The third kappa shape index (κ3) is 1.87. The van der Waals surface area contributed by atoms with Crippen molar-refractivity contribution in [1.82, 2.24) is 0 Å². The molecule has 0 unspecified atom stereocenters. The van der Waals surface area contributed by atoms with E-state index in [1.165, 1.54) is 12.8 Å². The fourth-order valence-corrected chi connectivity index (χ4v) is 4.65. The molecular formula is C18H22O3. The van der Waals surface area contributed by atoms with Crippen LogP contribution in [0.1, 0.15) is 55.8 Å². The first kappa shape index (κ1) is 13.3. The van der Waals surface area contributed by atoms with Crippen molar-refractivity contribution in [3.05, 3.63) is 35.9 Å². The van der Waals surface area contributed by atoms with Crippen LogP contribution in [-0.2, 0) is 9.47 Å². The molecule has 1 spiro atoms. The highest BCUT2D eigenvalue weighted by Gasteiger charge is 2.71. The van der Waals surface area contributed by atoms with Gasteiger partial charge in [0.15, 0.2) is 0 Å². The fourth-order valence-electron chi connectivity index (χ4n) is 4.65. The predicted molar refractivity (Wildman–Crippen MR) is 79.1 cm³/mol. The molecular weight excluding hydrogens is 264 g/mol. The minimum Gasteiger partial charge on any atom is -0.458 e. The Kier molecular flexibility index (Phi) is 2.90. The minimum absolute atomic E-state index is 0.00138. The average Bonchev–Trinajstić information content (AvgIpc) is 3.22. The van der Waals surface area contributed by atoms with Crippen LogP contribution in [-0.4, -0.2) is 23.8 Å². The highest BCUT2D eigenvalue weighted by molar-refractivity contribution is 5.89. The van der Waals surface area contributed by atoms with Crippen molar-refractivity contribution in [3.63, 3.8) is 0 Å². The molecule has 3 aliphatic rings.